The number of imide groups is 1. The molecule has 1 aromatic rings. The number of carbonyl (C=O) groups excluding carboxylic acids is 2. The molecular formula is C9H9ClN2O3. The lowest BCUT2D eigenvalue weighted by Gasteiger charge is -2.14. The summed E-state index contributed by atoms with van der Waals surface area (Å²) in [7, 11) is 0. The first kappa shape index (κ1) is 11.5. The van der Waals surface area contributed by atoms with E-state index in [1.807, 2.05) is 5.32 Å². The summed E-state index contributed by atoms with van der Waals surface area (Å²) in [5.41, 5.74) is 0.261. The number of hydrogen-bond acceptors (Lipinski definition) is 3. The molecule has 0 bridgehead atoms. The number of nitrogens with zero attached hydrogens (tertiary/aromatic N) is 1. The predicted molar refractivity (Wildman–Crippen MR) is 55.0 cm³/mol. The largest absolute Gasteiger partial charge is 0.352 e. The summed E-state index contributed by atoms with van der Waals surface area (Å²) < 4.78 is 0. The molecule has 0 unspecified atom stereocenters. The number of anilines is 1. The summed E-state index contributed by atoms with van der Waals surface area (Å²) in [4.78, 5) is 22.0. The van der Waals surface area contributed by atoms with E-state index in [9.17, 15) is 14.8 Å². The Balaban J connectivity index is 2.65. The number of halogens is 1. The van der Waals surface area contributed by atoms with Gasteiger partial charge >= 0.3 is 6.03 Å². The molecule has 1 aromatic carbocycles. The Morgan fingerprint density at radius 2 is 1.93 bits per heavy atom. The van der Waals surface area contributed by atoms with Crippen LogP contribution in [0.5, 0.6) is 0 Å². The van der Waals surface area contributed by atoms with Crippen LogP contribution in [0.3, 0.4) is 0 Å². The van der Waals surface area contributed by atoms with Crippen LogP contribution >= 0.6 is 11.6 Å². The molecule has 0 spiro atoms. The monoisotopic (exact) mass is 228 g/mol. The Hall–Kier alpha value is -1.59. The van der Waals surface area contributed by atoms with Gasteiger partial charge in [0.05, 0.1) is 5.69 Å². The zero-order valence-corrected chi connectivity index (χ0v) is 8.44. The van der Waals surface area contributed by atoms with Crippen molar-refractivity contribution >= 4 is 29.2 Å². The molecule has 5 nitrogen and oxygen atoms in total. The first-order valence-corrected chi connectivity index (χ1v) is 4.62. The fourth-order valence-electron chi connectivity index (χ4n) is 0.892. The van der Waals surface area contributed by atoms with Gasteiger partial charge in [0, 0.05) is 0 Å². The van der Waals surface area contributed by atoms with Crippen molar-refractivity contribution < 1.29 is 14.8 Å². The third kappa shape index (κ3) is 3.23. The highest BCUT2D eigenvalue weighted by Gasteiger charge is 2.14. The van der Waals surface area contributed by atoms with Gasteiger partial charge in [0.1, 0.15) is 5.88 Å². The Morgan fingerprint density at radius 3 is 2.47 bits per heavy atom. The number of hydroxylamine groups is 1. The van der Waals surface area contributed by atoms with E-state index in [0.29, 0.717) is 5.06 Å². The van der Waals surface area contributed by atoms with Gasteiger partial charge in [-0.2, -0.15) is 5.06 Å². The number of benzene rings is 1. The van der Waals surface area contributed by atoms with Gasteiger partial charge in [0.25, 0.3) is 0 Å². The van der Waals surface area contributed by atoms with Crippen LogP contribution in [0.15, 0.2) is 30.3 Å². The molecule has 0 saturated carbocycles. The van der Waals surface area contributed by atoms with Gasteiger partial charge in [0.15, 0.2) is 0 Å². The van der Waals surface area contributed by atoms with E-state index in [4.69, 9.17) is 11.6 Å². The second-order valence-electron chi connectivity index (χ2n) is 2.63. The van der Waals surface area contributed by atoms with Crippen LogP contribution in [0, 0.1) is 0 Å². The van der Waals surface area contributed by atoms with Crippen molar-refractivity contribution in [1.82, 2.24) is 5.32 Å². The van der Waals surface area contributed by atoms with E-state index in [0.717, 1.165) is 0 Å². The fourth-order valence-corrected chi connectivity index (χ4v) is 0.959. The Bertz CT molecular complexity index is 356. The van der Waals surface area contributed by atoms with Crippen LogP contribution < -0.4 is 10.4 Å². The third-order valence-corrected chi connectivity index (χ3v) is 1.80. The fraction of sp³-hybridized carbons (Fsp3) is 0.111. The third-order valence-electron chi connectivity index (χ3n) is 1.56. The molecule has 0 radical (unpaired) electrons. The molecule has 0 aliphatic heterocycles. The molecular weight excluding hydrogens is 220 g/mol. The van der Waals surface area contributed by atoms with E-state index in [1.54, 1.807) is 18.2 Å². The lowest BCUT2D eigenvalue weighted by atomic mass is 10.3. The van der Waals surface area contributed by atoms with Crippen LogP contribution in [0.2, 0.25) is 0 Å². The quantitative estimate of drug-likeness (QED) is 0.456. The Morgan fingerprint density at radius 1 is 1.33 bits per heavy atom. The maximum absolute atomic E-state index is 11.2. The van der Waals surface area contributed by atoms with E-state index in [2.05, 4.69) is 0 Å². The number of hydrogen-bond donors (Lipinski definition) is 2. The summed E-state index contributed by atoms with van der Waals surface area (Å²) >= 11 is 5.18. The highest BCUT2D eigenvalue weighted by atomic mass is 35.5. The first-order valence-electron chi connectivity index (χ1n) is 4.09. The normalized spacial score (nSPS) is 9.47. The number of nitrogens with one attached hydrogen (secondary N) is 1. The van der Waals surface area contributed by atoms with Gasteiger partial charge in [-0.3, -0.25) is 15.3 Å². The van der Waals surface area contributed by atoms with Crippen molar-refractivity contribution in [2.45, 2.75) is 0 Å². The number of rotatable bonds is 2. The SMILES string of the molecule is O=C(CCl)NC(=O)N(O)c1ccccc1. The summed E-state index contributed by atoms with van der Waals surface area (Å²) in [5.74, 6) is -1.01. The van der Waals surface area contributed by atoms with Crippen LogP contribution in [0.1, 0.15) is 0 Å². The standard InChI is InChI=1S/C9H9ClN2O3/c10-6-8(13)11-9(14)12(15)7-4-2-1-3-5-7/h1-5,15H,6H2,(H,11,13,14). The lowest BCUT2D eigenvalue weighted by Crippen LogP contribution is -2.41. The molecule has 0 atom stereocenters. The zero-order chi connectivity index (χ0) is 11.3. The molecule has 0 fully saturated rings. The first-order chi connectivity index (χ1) is 7.15. The van der Waals surface area contributed by atoms with Crippen LogP contribution in [-0.2, 0) is 4.79 Å². The van der Waals surface area contributed by atoms with E-state index in [1.165, 1.54) is 12.1 Å². The van der Waals surface area contributed by atoms with Crippen molar-refractivity contribution in [3.8, 4) is 0 Å². The van der Waals surface area contributed by atoms with Crippen molar-refractivity contribution in [2.24, 2.45) is 0 Å². The highest BCUT2D eigenvalue weighted by Crippen LogP contribution is 2.10. The summed E-state index contributed by atoms with van der Waals surface area (Å²) in [6.07, 6.45) is 0. The maximum atomic E-state index is 11.2. The number of alkyl halides is 1. The van der Waals surface area contributed by atoms with Crippen LogP contribution in [0.4, 0.5) is 10.5 Å². The average molecular weight is 229 g/mol. The van der Waals surface area contributed by atoms with Gasteiger partial charge < -0.3 is 0 Å². The van der Waals surface area contributed by atoms with Gasteiger partial charge in [-0.1, -0.05) is 18.2 Å². The highest BCUT2D eigenvalue weighted by molar-refractivity contribution is 6.28. The minimum atomic E-state index is -0.938. The molecule has 0 heterocycles. The molecule has 2 N–H and O–H groups in total. The number of carbonyl (C=O) groups is 2. The Labute approximate surface area is 91.2 Å². The molecule has 80 valence electrons. The predicted octanol–water partition coefficient (Wildman–Crippen LogP) is 1.36. The maximum Gasteiger partial charge on any atom is 0.352 e. The van der Waals surface area contributed by atoms with Crippen molar-refractivity contribution in [3.05, 3.63) is 30.3 Å². The second kappa shape index (κ2) is 5.33. The topological polar surface area (TPSA) is 69.6 Å². The summed E-state index contributed by atoms with van der Waals surface area (Å²) in [6, 6.07) is 7.13. The van der Waals surface area contributed by atoms with E-state index in [-0.39, 0.29) is 11.6 Å². The molecule has 0 aliphatic carbocycles. The van der Waals surface area contributed by atoms with Gasteiger partial charge in [0.2, 0.25) is 5.91 Å². The lowest BCUT2D eigenvalue weighted by molar-refractivity contribution is -0.117. The van der Waals surface area contributed by atoms with Crippen LogP contribution in [0.25, 0.3) is 0 Å². The number of amides is 3. The van der Waals surface area contributed by atoms with Crippen molar-refractivity contribution in [1.29, 1.82) is 0 Å². The smallest absolute Gasteiger partial charge is 0.280 e. The molecule has 3 amide bonds. The zero-order valence-electron chi connectivity index (χ0n) is 7.68. The van der Waals surface area contributed by atoms with Gasteiger partial charge in [-0.15, -0.1) is 11.6 Å². The van der Waals surface area contributed by atoms with Crippen molar-refractivity contribution in [2.75, 3.05) is 10.9 Å². The molecule has 0 aromatic heterocycles. The average Bonchev–Trinajstić information content (AvgIpc) is 2.29. The second-order valence-corrected chi connectivity index (χ2v) is 2.90. The summed E-state index contributed by atoms with van der Waals surface area (Å²) in [5, 5.41) is 11.6. The molecule has 6 heteroatoms. The van der Waals surface area contributed by atoms with Crippen LogP contribution in [-0.4, -0.2) is 23.0 Å². The van der Waals surface area contributed by atoms with Gasteiger partial charge in [-0.25, -0.2) is 4.79 Å². The molecule has 1 rings (SSSR count). The number of urea groups is 1. The van der Waals surface area contributed by atoms with E-state index < -0.39 is 11.9 Å². The molecule has 0 saturated heterocycles. The minimum absolute atomic E-state index is 0.261. The molecule has 15 heavy (non-hydrogen) atoms. The molecule has 0 aliphatic rings. The number of para-hydroxylation sites is 1. The van der Waals surface area contributed by atoms with Gasteiger partial charge in [-0.05, 0) is 12.1 Å². The van der Waals surface area contributed by atoms with Crippen molar-refractivity contribution in [3.63, 3.8) is 0 Å². The Kier molecular flexibility index (Phi) is 4.08. The van der Waals surface area contributed by atoms with E-state index >= 15 is 0 Å². The summed E-state index contributed by atoms with van der Waals surface area (Å²) in [6.45, 7) is 0. The minimum Gasteiger partial charge on any atom is -0.280 e.